The molecule has 0 radical (unpaired) electrons. The lowest BCUT2D eigenvalue weighted by Crippen LogP contribution is -2.39. The van der Waals surface area contributed by atoms with E-state index in [-0.39, 0.29) is 0 Å². The Hall–Kier alpha value is 0.270. The van der Waals surface area contributed by atoms with Gasteiger partial charge in [-0.3, -0.25) is 4.31 Å². The molecule has 1 aliphatic heterocycles. The summed E-state index contributed by atoms with van der Waals surface area (Å²) in [5, 5.41) is 0. The third kappa shape index (κ3) is 2.65. The van der Waals surface area contributed by atoms with Gasteiger partial charge in [0, 0.05) is 6.04 Å². The van der Waals surface area contributed by atoms with Crippen molar-refractivity contribution < 1.29 is 0 Å². The van der Waals surface area contributed by atoms with E-state index < -0.39 is 0 Å². The molecular weight excluding hydrogens is 156 g/mol. The third-order valence-electron chi connectivity index (χ3n) is 2.49. The SMILES string of the molecule is CSN(C)C1CCN(C)CC1. The zero-order chi connectivity index (χ0) is 8.27. The zero-order valence-electron chi connectivity index (χ0n) is 7.71. The van der Waals surface area contributed by atoms with Crippen molar-refractivity contribution in [3.63, 3.8) is 0 Å². The highest BCUT2D eigenvalue weighted by molar-refractivity contribution is 7.96. The molecule has 1 saturated heterocycles. The maximum atomic E-state index is 2.41. The fraction of sp³-hybridized carbons (Fsp3) is 1.00. The van der Waals surface area contributed by atoms with E-state index in [9.17, 15) is 0 Å². The molecule has 66 valence electrons. The van der Waals surface area contributed by atoms with E-state index in [4.69, 9.17) is 0 Å². The number of likely N-dealkylation sites (tertiary alicyclic amines) is 1. The van der Waals surface area contributed by atoms with E-state index in [0.29, 0.717) is 0 Å². The molecule has 0 saturated carbocycles. The summed E-state index contributed by atoms with van der Waals surface area (Å²) < 4.78 is 2.38. The molecule has 0 aromatic rings. The smallest absolute Gasteiger partial charge is 0.0223 e. The van der Waals surface area contributed by atoms with Gasteiger partial charge in [-0.15, -0.1) is 0 Å². The Morgan fingerprint density at radius 3 is 2.36 bits per heavy atom. The number of hydrogen-bond acceptors (Lipinski definition) is 3. The molecule has 0 bridgehead atoms. The average Bonchev–Trinajstić information content (AvgIpc) is 2.05. The van der Waals surface area contributed by atoms with Crippen LogP contribution in [0.3, 0.4) is 0 Å². The van der Waals surface area contributed by atoms with Gasteiger partial charge in [-0.1, -0.05) is 11.9 Å². The summed E-state index contributed by atoms with van der Waals surface area (Å²) in [7, 11) is 4.40. The van der Waals surface area contributed by atoms with Crippen LogP contribution >= 0.6 is 11.9 Å². The molecule has 1 fully saturated rings. The van der Waals surface area contributed by atoms with Crippen LogP contribution in [0, 0.1) is 0 Å². The molecule has 3 heteroatoms. The fourth-order valence-corrected chi connectivity index (χ4v) is 2.02. The second-order valence-corrected chi connectivity index (χ2v) is 4.20. The highest BCUT2D eigenvalue weighted by atomic mass is 32.2. The standard InChI is InChI=1S/C8H18N2S/c1-9-6-4-8(5-7-9)10(2)11-3/h8H,4-7H2,1-3H3. The molecule has 1 heterocycles. The van der Waals surface area contributed by atoms with E-state index in [1.807, 2.05) is 11.9 Å². The van der Waals surface area contributed by atoms with Gasteiger partial charge in [0.25, 0.3) is 0 Å². The van der Waals surface area contributed by atoms with Crippen molar-refractivity contribution in [3.8, 4) is 0 Å². The molecule has 0 spiro atoms. The molecular formula is C8H18N2S. The molecule has 0 N–H and O–H groups in total. The molecule has 2 nitrogen and oxygen atoms in total. The molecule has 1 rings (SSSR count). The summed E-state index contributed by atoms with van der Waals surface area (Å²) >= 11 is 1.85. The van der Waals surface area contributed by atoms with Crippen LogP contribution in [-0.4, -0.2) is 48.7 Å². The van der Waals surface area contributed by atoms with Crippen molar-refractivity contribution in [1.29, 1.82) is 0 Å². The summed E-state index contributed by atoms with van der Waals surface area (Å²) in [6.45, 7) is 2.52. The first-order valence-corrected chi connectivity index (χ1v) is 5.37. The molecule has 0 aromatic carbocycles. The molecule has 0 amide bonds. The maximum Gasteiger partial charge on any atom is 0.0223 e. The minimum atomic E-state index is 0.807. The highest BCUT2D eigenvalue weighted by Gasteiger charge is 2.19. The lowest BCUT2D eigenvalue weighted by atomic mass is 10.1. The fourth-order valence-electron chi connectivity index (χ4n) is 1.51. The molecule has 0 unspecified atom stereocenters. The first-order chi connectivity index (χ1) is 5.24. The van der Waals surface area contributed by atoms with Crippen molar-refractivity contribution in [1.82, 2.24) is 9.21 Å². The lowest BCUT2D eigenvalue weighted by Gasteiger charge is -2.33. The van der Waals surface area contributed by atoms with Crippen LogP contribution in [0.5, 0.6) is 0 Å². The Morgan fingerprint density at radius 2 is 1.91 bits per heavy atom. The predicted molar refractivity (Wildman–Crippen MR) is 51.8 cm³/mol. The van der Waals surface area contributed by atoms with E-state index in [2.05, 4.69) is 29.6 Å². The normalized spacial score (nSPS) is 22.9. The van der Waals surface area contributed by atoms with Gasteiger partial charge < -0.3 is 4.90 Å². The van der Waals surface area contributed by atoms with Crippen LogP contribution in [0.25, 0.3) is 0 Å². The van der Waals surface area contributed by atoms with Gasteiger partial charge in [0.05, 0.1) is 0 Å². The third-order valence-corrected chi connectivity index (χ3v) is 3.36. The molecule has 0 aromatic heterocycles. The Balaban J connectivity index is 2.27. The Morgan fingerprint density at radius 1 is 1.36 bits per heavy atom. The minimum Gasteiger partial charge on any atom is -0.306 e. The van der Waals surface area contributed by atoms with E-state index in [1.165, 1.54) is 25.9 Å². The summed E-state index contributed by atoms with van der Waals surface area (Å²) in [5.41, 5.74) is 0. The van der Waals surface area contributed by atoms with Gasteiger partial charge >= 0.3 is 0 Å². The van der Waals surface area contributed by atoms with Crippen molar-refractivity contribution >= 4 is 11.9 Å². The van der Waals surface area contributed by atoms with Crippen LogP contribution in [0.15, 0.2) is 0 Å². The number of hydrogen-bond donors (Lipinski definition) is 0. The molecule has 0 atom stereocenters. The first-order valence-electron chi connectivity index (χ1n) is 4.19. The topological polar surface area (TPSA) is 6.48 Å². The van der Waals surface area contributed by atoms with Crippen molar-refractivity contribution in [2.45, 2.75) is 18.9 Å². The summed E-state index contributed by atoms with van der Waals surface area (Å²) in [6.07, 6.45) is 4.81. The Labute approximate surface area is 74.1 Å². The lowest BCUT2D eigenvalue weighted by molar-refractivity contribution is 0.205. The second-order valence-electron chi connectivity index (χ2n) is 3.26. The van der Waals surface area contributed by atoms with Gasteiger partial charge in [-0.05, 0) is 46.3 Å². The second kappa shape index (κ2) is 4.33. The van der Waals surface area contributed by atoms with Crippen molar-refractivity contribution in [3.05, 3.63) is 0 Å². The van der Waals surface area contributed by atoms with Crippen molar-refractivity contribution in [2.75, 3.05) is 33.4 Å². The average molecular weight is 174 g/mol. The minimum absolute atomic E-state index is 0.807. The molecule has 11 heavy (non-hydrogen) atoms. The van der Waals surface area contributed by atoms with Crippen LogP contribution in [0.4, 0.5) is 0 Å². The summed E-state index contributed by atoms with van der Waals surface area (Å²) in [4.78, 5) is 2.41. The number of nitrogens with zero attached hydrogens (tertiary/aromatic N) is 2. The zero-order valence-corrected chi connectivity index (χ0v) is 8.52. The van der Waals surface area contributed by atoms with Gasteiger partial charge in [0.1, 0.15) is 0 Å². The number of piperidine rings is 1. The van der Waals surface area contributed by atoms with Gasteiger partial charge in [0.15, 0.2) is 0 Å². The quantitative estimate of drug-likeness (QED) is 0.583. The number of rotatable bonds is 2. The first kappa shape index (κ1) is 9.36. The van der Waals surface area contributed by atoms with E-state index >= 15 is 0 Å². The summed E-state index contributed by atoms with van der Waals surface area (Å²) in [6, 6.07) is 0.807. The summed E-state index contributed by atoms with van der Waals surface area (Å²) in [5.74, 6) is 0. The molecule has 0 aliphatic carbocycles. The predicted octanol–water partition coefficient (Wildman–Crippen LogP) is 1.29. The van der Waals surface area contributed by atoms with Crippen molar-refractivity contribution in [2.24, 2.45) is 0 Å². The van der Waals surface area contributed by atoms with Crippen LogP contribution in [-0.2, 0) is 0 Å². The Bertz CT molecular complexity index is 111. The van der Waals surface area contributed by atoms with Gasteiger partial charge in [0.2, 0.25) is 0 Å². The highest BCUT2D eigenvalue weighted by Crippen LogP contribution is 2.18. The largest absolute Gasteiger partial charge is 0.306 e. The Kier molecular flexibility index (Phi) is 3.69. The monoisotopic (exact) mass is 174 g/mol. The van der Waals surface area contributed by atoms with E-state index in [1.54, 1.807) is 0 Å². The van der Waals surface area contributed by atoms with Crippen LogP contribution in [0.2, 0.25) is 0 Å². The van der Waals surface area contributed by atoms with Crippen LogP contribution in [0.1, 0.15) is 12.8 Å². The van der Waals surface area contributed by atoms with Gasteiger partial charge in [-0.25, -0.2) is 0 Å². The van der Waals surface area contributed by atoms with Crippen LogP contribution < -0.4 is 0 Å². The van der Waals surface area contributed by atoms with Gasteiger partial charge in [-0.2, -0.15) is 0 Å². The molecule has 1 aliphatic rings. The maximum absolute atomic E-state index is 2.41. The van der Waals surface area contributed by atoms with E-state index in [0.717, 1.165) is 6.04 Å².